The highest BCUT2D eigenvalue weighted by Gasteiger charge is 2.20. The van der Waals surface area contributed by atoms with Crippen LogP contribution in [0.25, 0.3) is 11.4 Å². The van der Waals surface area contributed by atoms with Gasteiger partial charge in [-0.25, -0.2) is 9.97 Å². The summed E-state index contributed by atoms with van der Waals surface area (Å²) < 4.78 is 0. The van der Waals surface area contributed by atoms with E-state index in [1.165, 1.54) is 4.88 Å². The summed E-state index contributed by atoms with van der Waals surface area (Å²) >= 11 is 3.30. The Morgan fingerprint density at radius 2 is 1.94 bits per heavy atom. The van der Waals surface area contributed by atoms with Crippen LogP contribution in [0.5, 0.6) is 0 Å². The quantitative estimate of drug-likeness (QED) is 0.895. The molecule has 5 heteroatoms. The van der Waals surface area contributed by atoms with Gasteiger partial charge in [0, 0.05) is 10.3 Å². The maximum atomic E-state index is 6.02. The van der Waals surface area contributed by atoms with Crippen LogP contribution in [0.1, 0.15) is 28.7 Å². The lowest BCUT2D eigenvalue weighted by molar-refractivity contribution is 0.551. The third kappa shape index (κ3) is 2.16. The van der Waals surface area contributed by atoms with Gasteiger partial charge in [-0.15, -0.1) is 22.7 Å². The Kier molecular flexibility index (Phi) is 2.86. The zero-order valence-electron chi connectivity index (χ0n) is 9.87. The number of nitrogens with two attached hydrogens (primary N) is 1. The third-order valence-electron chi connectivity index (χ3n) is 2.20. The average Bonchev–Trinajstić information content (AvgIpc) is 2.70. The third-order valence-corrected chi connectivity index (χ3v) is 4.27. The summed E-state index contributed by atoms with van der Waals surface area (Å²) in [5.41, 5.74) is 7.59. The Balaban J connectivity index is 2.43. The predicted octanol–water partition coefficient (Wildman–Crippen LogP) is 3.08. The van der Waals surface area contributed by atoms with Crippen LogP contribution in [0, 0.1) is 13.8 Å². The van der Waals surface area contributed by atoms with Crippen molar-refractivity contribution in [2.24, 2.45) is 5.73 Å². The Morgan fingerprint density at radius 1 is 1.25 bits per heavy atom. The second-order valence-corrected chi connectivity index (χ2v) is 6.66. The molecule has 0 fully saturated rings. The van der Waals surface area contributed by atoms with E-state index in [-0.39, 0.29) is 5.54 Å². The van der Waals surface area contributed by atoms with Crippen molar-refractivity contribution in [2.45, 2.75) is 33.2 Å². The van der Waals surface area contributed by atoms with Crippen LogP contribution in [-0.2, 0) is 5.54 Å². The number of thiazole rings is 2. The number of aryl methyl sites for hydroxylation is 2. The van der Waals surface area contributed by atoms with Gasteiger partial charge in [-0.05, 0) is 27.7 Å². The van der Waals surface area contributed by atoms with E-state index >= 15 is 0 Å². The second-order valence-electron chi connectivity index (χ2n) is 4.40. The van der Waals surface area contributed by atoms with Crippen LogP contribution in [-0.4, -0.2) is 9.97 Å². The van der Waals surface area contributed by atoms with Crippen molar-refractivity contribution in [1.29, 1.82) is 0 Å². The summed E-state index contributed by atoms with van der Waals surface area (Å²) in [4.78, 5) is 10.3. The van der Waals surface area contributed by atoms with Gasteiger partial charge in [0.25, 0.3) is 0 Å². The molecular formula is C11H15N3S2. The Hall–Kier alpha value is -0.780. The summed E-state index contributed by atoms with van der Waals surface area (Å²) in [7, 11) is 0. The summed E-state index contributed by atoms with van der Waals surface area (Å²) in [6, 6.07) is 0. The summed E-state index contributed by atoms with van der Waals surface area (Å²) in [5, 5.41) is 4.06. The molecule has 0 saturated carbocycles. The predicted molar refractivity (Wildman–Crippen MR) is 69.9 cm³/mol. The second kappa shape index (κ2) is 3.91. The molecule has 0 saturated heterocycles. The highest BCUT2D eigenvalue weighted by molar-refractivity contribution is 7.12. The van der Waals surface area contributed by atoms with Crippen LogP contribution in [0.3, 0.4) is 0 Å². The van der Waals surface area contributed by atoms with Gasteiger partial charge in [-0.3, -0.25) is 0 Å². The fourth-order valence-electron chi connectivity index (χ4n) is 1.44. The molecule has 2 aromatic rings. The minimum absolute atomic E-state index is 0.373. The lowest BCUT2D eigenvalue weighted by Crippen LogP contribution is -2.28. The molecule has 0 spiro atoms. The molecule has 0 amide bonds. The maximum absolute atomic E-state index is 6.02. The zero-order chi connectivity index (χ0) is 11.9. The van der Waals surface area contributed by atoms with Gasteiger partial charge in [0.2, 0.25) is 0 Å². The molecule has 0 atom stereocenters. The van der Waals surface area contributed by atoms with E-state index in [0.29, 0.717) is 0 Å². The number of aromatic nitrogens is 2. The normalized spacial score (nSPS) is 12.1. The molecule has 0 aliphatic rings. The Bertz CT molecular complexity index is 506. The highest BCUT2D eigenvalue weighted by Crippen LogP contribution is 2.30. The fraction of sp³-hybridized carbons (Fsp3) is 0.455. The van der Waals surface area contributed by atoms with Crippen LogP contribution in [0.2, 0.25) is 0 Å². The summed E-state index contributed by atoms with van der Waals surface area (Å²) in [6.45, 7) is 8.03. The van der Waals surface area contributed by atoms with Crippen LogP contribution in [0.15, 0.2) is 5.38 Å². The van der Waals surface area contributed by atoms with Gasteiger partial charge in [-0.1, -0.05) is 0 Å². The molecule has 0 unspecified atom stereocenters. The topological polar surface area (TPSA) is 51.8 Å². The molecule has 0 bridgehead atoms. The van der Waals surface area contributed by atoms with Crippen LogP contribution >= 0.6 is 22.7 Å². The fourth-order valence-corrected chi connectivity index (χ4v) is 3.11. The molecule has 0 radical (unpaired) electrons. The SMILES string of the molecule is Cc1nc(-c2csc(C(C)(C)N)n2)c(C)s1. The number of rotatable bonds is 2. The maximum Gasteiger partial charge on any atom is 0.113 e. The molecule has 2 N–H and O–H groups in total. The zero-order valence-corrected chi connectivity index (χ0v) is 11.5. The van der Waals surface area contributed by atoms with E-state index < -0.39 is 0 Å². The van der Waals surface area contributed by atoms with E-state index in [0.717, 1.165) is 21.4 Å². The van der Waals surface area contributed by atoms with Crippen molar-refractivity contribution in [3.05, 3.63) is 20.3 Å². The van der Waals surface area contributed by atoms with Crippen molar-refractivity contribution in [3.8, 4) is 11.4 Å². The largest absolute Gasteiger partial charge is 0.320 e. The molecule has 0 aliphatic heterocycles. The van der Waals surface area contributed by atoms with E-state index in [4.69, 9.17) is 5.73 Å². The average molecular weight is 253 g/mol. The summed E-state index contributed by atoms with van der Waals surface area (Å²) in [6.07, 6.45) is 0. The van der Waals surface area contributed by atoms with Gasteiger partial charge < -0.3 is 5.73 Å². The molecule has 0 aliphatic carbocycles. The van der Waals surface area contributed by atoms with Crippen LogP contribution in [0.4, 0.5) is 0 Å². The first-order chi connectivity index (χ1) is 7.38. The lowest BCUT2D eigenvalue weighted by Gasteiger charge is -2.13. The first kappa shape index (κ1) is 11.7. The van der Waals surface area contributed by atoms with E-state index in [9.17, 15) is 0 Å². The molecule has 0 aromatic carbocycles. The standard InChI is InChI=1S/C11H15N3S2/c1-6-9(13-7(2)16-6)8-5-15-10(14-8)11(3,4)12/h5H,12H2,1-4H3. The number of hydrogen-bond donors (Lipinski definition) is 1. The Labute approximate surface area is 103 Å². The molecule has 2 rings (SSSR count). The van der Waals surface area contributed by atoms with Gasteiger partial charge in [-0.2, -0.15) is 0 Å². The smallest absolute Gasteiger partial charge is 0.113 e. The van der Waals surface area contributed by atoms with Crippen LogP contribution < -0.4 is 5.73 Å². The lowest BCUT2D eigenvalue weighted by atomic mass is 10.1. The van der Waals surface area contributed by atoms with Crippen molar-refractivity contribution in [3.63, 3.8) is 0 Å². The van der Waals surface area contributed by atoms with E-state index in [2.05, 4.69) is 16.9 Å². The molecule has 86 valence electrons. The van der Waals surface area contributed by atoms with Crippen molar-refractivity contribution in [2.75, 3.05) is 0 Å². The molecule has 3 nitrogen and oxygen atoms in total. The highest BCUT2D eigenvalue weighted by atomic mass is 32.1. The molecule has 16 heavy (non-hydrogen) atoms. The van der Waals surface area contributed by atoms with Crippen molar-refractivity contribution in [1.82, 2.24) is 9.97 Å². The van der Waals surface area contributed by atoms with Gasteiger partial charge in [0.15, 0.2) is 0 Å². The first-order valence-electron chi connectivity index (χ1n) is 5.07. The first-order valence-corrected chi connectivity index (χ1v) is 6.77. The minimum atomic E-state index is -0.373. The molecular weight excluding hydrogens is 238 g/mol. The molecule has 2 aromatic heterocycles. The minimum Gasteiger partial charge on any atom is -0.320 e. The molecule has 2 heterocycles. The van der Waals surface area contributed by atoms with Gasteiger partial charge in [0.1, 0.15) is 16.4 Å². The summed E-state index contributed by atoms with van der Waals surface area (Å²) in [5.74, 6) is 0. The van der Waals surface area contributed by atoms with E-state index in [1.807, 2.05) is 26.2 Å². The van der Waals surface area contributed by atoms with Crippen molar-refractivity contribution >= 4 is 22.7 Å². The van der Waals surface area contributed by atoms with Crippen molar-refractivity contribution < 1.29 is 0 Å². The van der Waals surface area contributed by atoms with E-state index in [1.54, 1.807) is 22.7 Å². The van der Waals surface area contributed by atoms with Gasteiger partial charge in [0.05, 0.1) is 10.5 Å². The number of nitrogens with zero attached hydrogens (tertiary/aromatic N) is 2. The van der Waals surface area contributed by atoms with Gasteiger partial charge >= 0.3 is 0 Å². The number of hydrogen-bond acceptors (Lipinski definition) is 5. The monoisotopic (exact) mass is 253 g/mol. The Morgan fingerprint density at radius 3 is 2.38 bits per heavy atom.